The number of hydrogen-bond acceptors (Lipinski definition) is 3. The number of hydrogen-bond donors (Lipinski definition) is 3. The molecule has 1 aliphatic heterocycles. The highest BCUT2D eigenvalue weighted by molar-refractivity contribution is 5.91. The number of carbonyl (C=O) groups excluding carboxylic acids is 2. The summed E-state index contributed by atoms with van der Waals surface area (Å²) in [5.74, 6) is -0.318. The van der Waals surface area contributed by atoms with E-state index in [4.69, 9.17) is 5.11 Å². The Balaban J connectivity index is 2.46. The monoisotopic (exact) mass is 200 g/mol. The van der Waals surface area contributed by atoms with Gasteiger partial charge in [-0.05, 0) is 20.3 Å². The van der Waals surface area contributed by atoms with Crippen molar-refractivity contribution < 1.29 is 14.7 Å². The third-order valence-corrected chi connectivity index (χ3v) is 2.17. The average molecular weight is 200 g/mol. The van der Waals surface area contributed by atoms with Crippen LogP contribution in [0, 0.1) is 0 Å². The maximum atomic E-state index is 11.5. The summed E-state index contributed by atoms with van der Waals surface area (Å²) in [4.78, 5) is 22.4. The molecule has 0 aromatic rings. The van der Waals surface area contributed by atoms with Crippen molar-refractivity contribution in [2.75, 3.05) is 6.61 Å². The fraction of sp³-hybridized carbons (Fsp3) is 0.778. The van der Waals surface area contributed by atoms with E-state index in [9.17, 15) is 9.59 Å². The minimum Gasteiger partial charge on any atom is -0.394 e. The highest BCUT2D eigenvalue weighted by atomic mass is 16.3. The van der Waals surface area contributed by atoms with Crippen LogP contribution in [-0.4, -0.2) is 35.1 Å². The van der Waals surface area contributed by atoms with E-state index in [1.807, 2.05) is 0 Å². The third kappa shape index (κ3) is 2.70. The largest absolute Gasteiger partial charge is 0.394 e. The molecule has 0 aromatic carbocycles. The number of carbonyl (C=O) groups is 2. The molecular weight excluding hydrogens is 184 g/mol. The van der Waals surface area contributed by atoms with E-state index in [0.717, 1.165) is 0 Å². The Hall–Kier alpha value is -1.10. The van der Waals surface area contributed by atoms with E-state index in [1.165, 1.54) is 0 Å². The molecule has 0 bridgehead atoms. The van der Waals surface area contributed by atoms with E-state index in [1.54, 1.807) is 13.8 Å². The Morgan fingerprint density at radius 1 is 1.71 bits per heavy atom. The van der Waals surface area contributed by atoms with Crippen molar-refractivity contribution in [1.29, 1.82) is 0 Å². The first-order valence-electron chi connectivity index (χ1n) is 4.67. The summed E-state index contributed by atoms with van der Waals surface area (Å²) in [5.41, 5.74) is -0.635. The Labute approximate surface area is 82.9 Å². The number of amides is 2. The molecule has 14 heavy (non-hydrogen) atoms. The van der Waals surface area contributed by atoms with Gasteiger partial charge in [-0.15, -0.1) is 0 Å². The topological polar surface area (TPSA) is 78.4 Å². The standard InChI is InChI=1S/C9H16N2O3/c1-9(2,5-12)11-8(14)6-3-4-7(13)10-6/h6,12H,3-5H2,1-2H3,(H,10,13)(H,11,14)/t6-/m0/s1. The number of aliphatic hydroxyl groups is 1. The van der Waals surface area contributed by atoms with Crippen molar-refractivity contribution in [3.05, 3.63) is 0 Å². The van der Waals surface area contributed by atoms with Crippen molar-refractivity contribution in [3.8, 4) is 0 Å². The molecule has 0 spiro atoms. The molecule has 1 saturated heterocycles. The summed E-state index contributed by atoms with van der Waals surface area (Å²) >= 11 is 0. The molecule has 1 fully saturated rings. The van der Waals surface area contributed by atoms with Gasteiger partial charge in [0.1, 0.15) is 6.04 Å². The third-order valence-electron chi connectivity index (χ3n) is 2.17. The lowest BCUT2D eigenvalue weighted by atomic mass is 10.1. The maximum absolute atomic E-state index is 11.5. The molecule has 80 valence electrons. The molecule has 0 aliphatic carbocycles. The van der Waals surface area contributed by atoms with Crippen LogP contribution in [0.5, 0.6) is 0 Å². The normalized spacial score (nSPS) is 21.9. The molecule has 5 heteroatoms. The maximum Gasteiger partial charge on any atom is 0.243 e. The van der Waals surface area contributed by atoms with Gasteiger partial charge < -0.3 is 15.7 Å². The van der Waals surface area contributed by atoms with Crippen LogP contribution in [0.3, 0.4) is 0 Å². The first kappa shape index (κ1) is 11.0. The summed E-state index contributed by atoms with van der Waals surface area (Å²) in [6, 6.07) is -0.437. The summed E-state index contributed by atoms with van der Waals surface area (Å²) < 4.78 is 0. The van der Waals surface area contributed by atoms with Gasteiger partial charge in [0.25, 0.3) is 0 Å². The second-order valence-electron chi connectivity index (χ2n) is 4.19. The lowest BCUT2D eigenvalue weighted by molar-refractivity contribution is -0.127. The van der Waals surface area contributed by atoms with Crippen LogP contribution in [-0.2, 0) is 9.59 Å². The van der Waals surface area contributed by atoms with E-state index >= 15 is 0 Å². The molecule has 1 heterocycles. The molecule has 0 radical (unpaired) electrons. The lowest BCUT2D eigenvalue weighted by Gasteiger charge is -2.25. The second-order valence-corrected chi connectivity index (χ2v) is 4.19. The predicted octanol–water partition coefficient (Wildman–Crippen LogP) is -0.848. The number of aliphatic hydroxyl groups excluding tert-OH is 1. The molecule has 1 rings (SSSR count). The first-order chi connectivity index (χ1) is 6.44. The number of nitrogens with one attached hydrogen (secondary N) is 2. The Morgan fingerprint density at radius 2 is 2.36 bits per heavy atom. The van der Waals surface area contributed by atoms with Crippen LogP contribution in [0.2, 0.25) is 0 Å². The molecule has 0 saturated carbocycles. The SMILES string of the molecule is CC(C)(CO)NC(=O)[C@@H]1CCC(=O)N1. The van der Waals surface area contributed by atoms with Crippen LogP contribution in [0.25, 0.3) is 0 Å². The van der Waals surface area contributed by atoms with Gasteiger partial charge in [-0.25, -0.2) is 0 Å². The van der Waals surface area contributed by atoms with E-state index < -0.39 is 11.6 Å². The Bertz CT molecular complexity index is 250. The van der Waals surface area contributed by atoms with Gasteiger partial charge in [0.05, 0.1) is 12.1 Å². The Kier molecular flexibility index (Phi) is 3.10. The highest BCUT2D eigenvalue weighted by Gasteiger charge is 2.30. The van der Waals surface area contributed by atoms with Crippen molar-refractivity contribution in [1.82, 2.24) is 10.6 Å². The van der Waals surface area contributed by atoms with Crippen LogP contribution in [0.4, 0.5) is 0 Å². The lowest BCUT2D eigenvalue weighted by Crippen LogP contribution is -2.52. The van der Waals surface area contributed by atoms with Crippen LogP contribution in [0.1, 0.15) is 26.7 Å². The predicted molar refractivity (Wildman–Crippen MR) is 50.5 cm³/mol. The van der Waals surface area contributed by atoms with Gasteiger partial charge in [-0.2, -0.15) is 0 Å². The molecule has 5 nitrogen and oxygen atoms in total. The summed E-state index contributed by atoms with van der Waals surface area (Å²) in [7, 11) is 0. The smallest absolute Gasteiger partial charge is 0.243 e. The zero-order chi connectivity index (χ0) is 10.8. The summed E-state index contributed by atoms with van der Waals surface area (Å²) in [6.45, 7) is 3.32. The highest BCUT2D eigenvalue weighted by Crippen LogP contribution is 2.08. The fourth-order valence-corrected chi connectivity index (χ4v) is 1.27. The van der Waals surface area contributed by atoms with Gasteiger partial charge in [0, 0.05) is 6.42 Å². The van der Waals surface area contributed by atoms with Crippen LogP contribution in [0.15, 0.2) is 0 Å². The molecule has 1 atom stereocenters. The molecule has 0 aromatic heterocycles. The van der Waals surface area contributed by atoms with Gasteiger partial charge >= 0.3 is 0 Å². The van der Waals surface area contributed by atoms with E-state index in [-0.39, 0.29) is 18.4 Å². The minimum atomic E-state index is -0.635. The average Bonchev–Trinajstić information content (AvgIpc) is 2.51. The van der Waals surface area contributed by atoms with Crippen molar-refractivity contribution in [3.63, 3.8) is 0 Å². The molecule has 0 unspecified atom stereocenters. The number of rotatable bonds is 3. The Morgan fingerprint density at radius 3 is 2.79 bits per heavy atom. The quantitative estimate of drug-likeness (QED) is 0.555. The fourth-order valence-electron chi connectivity index (χ4n) is 1.27. The first-order valence-corrected chi connectivity index (χ1v) is 4.67. The van der Waals surface area contributed by atoms with Gasteiger partial charge in [-0.1, -0.05) is 0 Å². The van der Waals surface area contributed by atoms with Crippen molar-refractivity contribution >= 4 is 11.8 Å². The second kappa shape index (κ2) is 3.96. The van der Waals surface area contributed by atoms with E-state index in [2.05, 4.69) is 10.6 Å². The molecule has 3 N–H and O–H groups in total. The van der Waals surface area contributed by atoms with E-state index in [0.29, 0.717) is 12.8 Å². The molecular formula is C9H16N2O3. The van der Waals surface area contributed by atoms with Gasteiger partial charge in [0.2, 0.25) is 11.8 Å². The van der Waals surface area contributed by atoms with Crippen molar-refractivity contribution in [2.45, 2.75) is 38.3 Å². The van der Waals surface area contributed by atoms with Crippen molar-refractivity contribution in [2.24, 2.45) is 0 Å². The van der Waals surface area contributed by atoms with Gasteiger partial charge in [-0.3, -0.25) is 9.59 Å². The zero-order valence-electron chi connectivity index (χ0n) is 8.46. The van der Waals surface area contributed by atoms with Gasteiger partial charge in [0.15, 0.2) is 0 Å². The molecule has 1 aliphatic rings. The molecule has 2 amide bonds. The van der Waals surface area contributed by atoms with Crippen LogP contribution >= 0.6 is 0 Å². The summed E-state index contributed by atoms with van der Waals surface area (Å²) in [5, 5.41) is 14.2. The summed E-state index contributed by atoms with van der Waals surface area (Å²) in [6.07, 6.45) is 0.934. The van der Waals surface area contributed by atoms with Crippen LogP contribution < -0.4 is 10.6 Å². The zero-order valence-corrected chi connectivity index (χ0v) is 8.46. The minimum absolute atomic E-state index is 0.0908.